The van der Waals surface area contributed by atoms with Crippen LogP contribution in [-0.2, 0) is 0 Å². The van der Waals surface area contributed by atoms with E-state index in [1.165, 1.54) is 0 Å². The molecule has 3 heterocycles. The average Bonchev–Trinajstić information content (AvgIpc) is 2.98. The molecule has 2 aromatic heterocycles. The minimum absolute atomic E-state index is 0.282. The van der Waals surface area contributed by atoms with Gasteiger partial charge in [-0.2, -0.15) is 5.10 Å². The van der Waals surface area contributed by atoms with Crippen LogP contribution in [0.2, 0.25) is 5.15 Å². The molecule has 1 aliphatic rings. The van der Waals surface area contributed by atoms with Gasteiger partial charge < -0.3 is 9.80 Å². The summed E-state index contributed by atoms with van der Waals surface area (Å²) in [5, 5.41) is 4.55. The molecule has 1 aliphatic heterocycles. The van der Waals surface area contributed by atoms with Gasteiger partial charge in [-0.15, -0.1) is 0 Å². The monoisotopic (exact) mass is 345 g/mol. The Morgan fingerprint density at radius 3 is 2.62 bits per heavy atom. The van der Waals surface area contributed by atoms with E-state index in [0.717, 1.165) is 31.9 Å². The lowest BCUT2D eigenvalue weighted by Crippen LogP contribution is -2.44. The molecule has 1 saturated heterocycles. The van der Waals surface area contributed by atoms with Gasteiger partial charge in [0.05, 0.1) is 11.9 Å². The van der Waals surface area contributed by atoms with Crippen LogP contribution < -0.4 is 4.90 Å². The Kier molecular flexibility index (Phi) is 3.86. The van der Waals surface area contributed by atoms with Gasteiger partial charge in [0.25, 0.3) is 0 Å². The van der Waals surface area contributed by atoms with Crippen LogP contribution in [0, 0.1) is 5.82 Å². The summed E-state index contributed by atoms with van der Waals surface area (Å²) in [6, 6.07) is 8.75. The molecule has 1 fully saturated rings. The maximum atomic E-state index is 14.7. The molecule has 0 radical (unpaired) electrons. The molecule has 24 heavy (non-hydrogen) atoms. The highest BCUT2D eigenvalue weighted by atomic mass is 35.5. The Morgan fingerprint density at radius 2 is 1.88 bits per heavy atom. The number of imidazole rings is 1. The standard InChI is InChI=1S/C17H17ClFN5/c1-22-6-8-23(9-7-22)12-2-3-13(14(19)10-12)15-11-20-17-5-4-16(18)21-24(15)17/h2-5,10-11H,6-9H2,1H3. The summed E-state index contributed by atoms with van der Waals surface area (Å²) in [5.74, 6) is -0.282. The van der Waals surface area contributed by atoms with Crippen molar-refractivity contribution in [2.45, 2.75) is 0 Å². The zero-order valence-corrected chi connectivity index (χ0v) is 14.0. The number of likely N-dealkylation sites (N-methyl/N-ethyl adjacent to an activating group) is 1. The highest BCUT2D eigenvalue weighted by molar-refractivity contribution is 6.29. The third kappa shape index (κ3) is 2.72. The van der Waals surface area contributed by atoms with Gasteiger partial charge in [-0.05, 0) is 37.4 Å². The van der Waals surface area contributed by atoms with Crippen molar-refractivity contribution in [3.8, 4) is 11.3 Å². The maximum Gasteiger partial charge on any atom is 0.154 e. The van der Waals surface area contributed by atoms with E-state index in [4.69, 9.17) is 11.6 Å². The molecule has 3 aromatic rings. The SMILES string of the molecule is CN1CCN(c2ccc(-c3cnc4ccc(Cl)nn34)c(F)c2)CC1. The summed E-state index contributed by atoms with van der Waals surface area (Å²) >= 11 is 5.95. The summed E-state index contributed by atoms with van der Waals surface area (Å²) in [6.45, 7) is 3.78. The minimum atomic E-state index is -0.282. The second kappa shape index (κ2) is 6.03. The number of anilines is 1. The maximum absolute atomic E-state index is 14.7. The molecule has 0 bridgehead atoms. The average molecular weight is 346 g/mol. The number of piperazine rings is 1. The van der Waals surface area contributed by atoms with E-state index >= 15 is 0 Å². The Hall–Kier alpha value is -2.18. The number of rotatable bonds is 2. The fourth-order valence-electron chi connectivity index (χ4n) is 3.01. The first kappa shape index (κ1) is 15.4. The summed E-state index contributed by atoms with van der Waals surface area (Å²) in [6.07, 6.45) is 1.62. The predicted molar refractivity (Wildman–Crippen MR) is 93.1 cm³/mol. The van der Waals surface area contributed by atoms with E-state index in [-0.39, 0.29) is 5.82 Å². The first-order chi connectivity index (χ1) is 11.6. The van der Waals surface area contributed by atoms with Crippen molar-refractivity contribution in [2.75, 3.05) is 38.1 Å². The number of hydrogen-bond acceptors (Lipinski definition) is 4. The Bertz CT molecular complexity index is 886. The van der Waals surface area contributed by atoms with Crippen LogP contribution in [0.15, 0.2) is 36.5 Å². The second-order valence-corrected chi connectivity index (χ2v) is 6.41. The molecular formula is C17H17ClFN5. The van der Waals surface area contributed by atoms with Crippen LogP contribution in [0.1, 0.15) is 0 Å². The van der Waals surface area contributed by atoms with Crippen molar-refractivity contribution >= 4 is 22.9 Å². The number of aromatic nitrogens is 3. The second-order valence-electron chi connectivity index (χ2n) is 6.02. The summed E-state index contributed by atoms with van der Waals surface area (Å²) < 4.78 is 16.3. The largest absolute Gasteiger partial charge is 0.369 e. The highest BCUT2D eigenvalue weighted by Crippen LogP contribution is 2.28. The zero-order valence-electron chi connectivity index (χ0n) is 13.3. The fraction of sp³-hybridized carbons (Fsp3) is 0.294. The molecule has 0 aliphatic carbocycles. The van der Waals surface area contributed by atoms with E-state index in [2.05, 4.69) is 26.9 Å². The molecule has 0 spiro atoms. The van der Waals surface area contributed by atoms with E-state index < -0.39 is 0 Å². The number of halogens is 2. The Morgan fingerprint density at radius 1 is 1.08 bits per heavy atom. The number of fused-ring (bicyclic) bond motifs is 1. The Labute approximate surface area is 144 Å². The van der Waals surface area contributed by atoms with Crippen LogP contribution in [0.25, 0.3) is 16.9 Å². The van der Waals surface area contributed by atoms with E-state index in [1.54, 1.807) is 35.0 Å². The van der Waals surface area contributed by atoms with Gasteiger partial charge in [0.1, 0.15) is 11.0 Å². The normalized spacial score (nSPS) is 16.0. The summed E-state index contributed by atoms with van der Waals surface area (Å²) in [5.41, 5.74) is 2.60. The van der Waals surface area contributed by atoms with Gasteiger partial charge >= 0.3 is 0 Å². The minimum Gasteiger partial charge on any atom is -0.369 e. The lowest BCUT2D eigenvalue weighted by molar-refractivity contribution is 0.313. The predicted octanol–water partition coefficient (Wildman–Crippen LogP) is 2.94. The van der Waals surface area contributed by atoms with Crippen LogP contribution >= 0.6 is 11.6 Å². The fourth-order valence-corrected chi connectivity index (χ4v) is 3.15. The van der Waals surface area contributed by atoms with Crippen molar-refractivity contribution in [3.05, 3.63) is 47.5 Å². The van der Waals surface area contributed by atoms with Crippen LogP contribution in [-0.4, -0.2) is 52.7 Å². The van der Waals surface area contributed by atoms with E-state index in [9.17, 15) is 4.39 Å². The van der Waals surface area contributed by atoms with Gasteiger partial charge in [0, 0.05) is 37.4 Å². The molecule has 0 N–H and O–H groups in total. The molecule has 1 aromatic carbocycles. The van der Waals surface area contributed by atoms with Gasteiger partial charge in [0.2, 0.25) is 0 Å². The number of hydrogen-bond donors (Lipinski definition) is 0. The summed E-state index contributed by atoms with van der Waals surface area (Å²) in [7, 11) is 2.10. The van der Waals surface area contributed by atoms with Crippen LogP contribution in [0.5, 0.6) is 0 Å². The molecule has 0 saturated carbocycles. The molecule has 5 nitrogen and oxygen atoms in total. The molecule has 0 amide bonds. The van der Waals surface area contributed by atoms with E-state index in [0.29, 0.717) is 22.1 Å². The summed E-state index contributed by atoms with van der Waals surface area (Å²) in [4.78, 5) is 8.73. The quantitative estimate of drug-likeness (QED) is 0.715. The smallest absolute Gasteiger partial charge is 0.154 e. The lowest BCUT2D eigenvalue weighted by atomic mass is 10.1. The van der Waals surface area contributed by atoms with Gasteiger partial charge in [-0.1, -0.05) is 11.6 Å². The Balaban J connectivity index is 1.70. The third-order valence-electron chi connectivity index (χ3n) is 4.43. The van der Waals surface area contributed by atoms with Gasteiger partial charge in [0.15, 0.2) is 5.65 Å². The molecule has 0 atom stereocenters. The van der Waals surface area contributed by atoms with E-state index in [1.807, 2.05) is 6.07 Å². The van der Waals surface area contributed by atoms with Crippen molar-refractivity contribution < 1.29 is 4.39 Å². The zero-order chi connectivity index (χ0) is 16.7. The van der Waals surface area contributed by atoms with Crippen molar-refractivity contribution in [1.82, 2.24) is 19.5 Å². The van der Waals surface area contributed by atoms with Crippen molar-refractivity contribution in [3.63, 3.8) is 0 Å². The van der Waals surface area contributed by atoms with Gasteiger partial charge in [-0.25, -0.2) is 13.9 Å². The molecule has 124 valence electrons. The number of nitrogens with zero attached hydrogens (tertiary/aromatic N) is 5. The third-order valence-corrected chi connectivity index (χ3v) is 4.63. The van der Waals surface area contributed by atoms with Crippen LogP contribution in [0.4, 0.5) is 10.1 Å². The van der Waals surface area contributed by atoms with Crippen molar-refractivity contribution in [1.29, 1.82) is 0 Å². The molecule has 7 heteroatoms. The highest BCUT2D eigenvalue weighted by Gasteiger charge is 2.17. The topological polar surface area (TPSA) is 36.7 Å². The molecule has 0 unspecified atom stereocenters. The lowest BCUT2D eigenvalue weighted by Gasteiger charge is -2.34. The first-order valence-electron chi connectivity index (χ1n) is 7.85. The van der Waals surface area contributed by atoms with Crippen LogP contribution in [0.3, 0.4) is 0 Å². The first-order valence-corrected chi connectivity index (χ1v) is 8.23. The molecule has 4 rings (SSSR count). The van der Waals surface area contributed by atoms with Crippen molar-refractivity contribution in [2.24, 2.45) is 0 Å². The number of benzene rings is 1. The van der Waals surface area contributed by atoms with Gasteiger partial charge in [-0.3, -0.25) is 0 Å². The molecular weight excluding hydrogens is 329 g/mol.